The first kappa shape index (κ1) is 27.9. The lowest BCUT2D eigenvalue weighted by Crippen LogP contribution is -2.38. The molecule has 0 unspecified atom stereocenters. The van der Waals surface area contributed by atoms with Crippen molar-refractivity contribution in [2.75, 3.05) is 5.73 Å². The summed E-state index contributed by atoms with van der Waals surface area (Å²) in [4.78, 5) is 38.6. The molecule has 0 amide bonds. The molecule has 6 aromatic rings. The van der Waals surface area contributed by atoms with Crippen molar-refractivity contribution in [2.45, 2.75) is 5.54 Å². The Kier molecular flexibility index (Phi) is 7.12. The maximum Gasteiger partial charge on any atom is 0.342 e. The molecule has 0 aliphatic heterocycles. The molecule has 9 nitrogen and oxygen atoms in total. The van der Waals surface area contributed by atoms with Gasteiger partial charge in [0.25, 0.3) is 5.56 Å². The first-order valence-corrected chi connectivity index (χ1v) is 13.7. The van der Waals surface area contributed by atoms with Gasteiger partial charge in [-0.1, -0.05) is 115 Å². The Morgan fingerprint density at radius 1 is 0.659 bits per heavy atom. The quantitative estimate of drug-likeness (QED) is 0.167. The topological polar surface area (TPSA) is 151 Å². The van der Waals surface area contributed by atoms with Crippen molar-refractivity contribution in [1.29, 1.82) is 0 Å². The summed E-state index contributed by atoms with van der Waals surface area (Å²) in [6, 6.07) is 38.7. The Hall–Kier alpha value is -6.22. The number of carbonyl (C=O) groups is 2. The number of nitrogen functional groups attached to an aromatic ring is 1. The highest BCUT2D eigenvalue weighted by molar-refractivity contribution is 6.07. The number of nitrogens with one attached hydrogen (secondary N) is 1. The summed E-state index contributed by atoms with van der Waals surface area (Å²) in [7, 11) is 0. The van der Waals surface area contributed by atoms with E-state index in [1.54, 1.807) is 24.3 Å². The van der Waals surface area contributed by atoms with Gasteiger partial charge in [-0.2, -0.15) is 5.10 Å². The molecule has 0 spiro atoms. The molecule has 2 aromatic heterocycles. The van der Waals surface area contributed by atoms with Gasteiger partial charge in [0.1, 0.15) is 22.5 Å². The lowest BCUT2D eigenvalue weighted by molar-refractivity contribution is 0.0695. The molecule has 0 saturated carbocycles. The number of anilines is 1. The zero-order chi connectivity index (χ0) is 30.8. The van der Waals surface area contributed by atoms with Gasteiger partial charge in [0.2, 0.25) is 0 Å². The van der Waals surface area contributed by atoms with Crippen molar-refractivity contribution in [2.24, 2.45) is 0 Å². The number of aromatic amines is 1. The normalized spacial score (nSPS) is 11.3. The highest BCUT2D eigenvalue weighted by atomic mass is 16.4. The van der Waals surface area contributed by atoms with E-state index in [1.807, 2.05) is 71.5 Å². The van der Waals surface area contributed by atoms with E-state index in [2.05, 4.69) is 41.4 Å². The molecule has 9 heteroatoms. The van der Waals surface area contributed by atoms with E-state index in [4.69, 9.17) is 10.8 Å². The van der Waals surface area contributed by atoms with Gasteiger partial charge in [0, 0.05) is 17.3 Å². The molecule has 0 radical (unpaired) electrons. The average Bonchev–Trinajstić information content (AvgIpc) is 3.53. The Balaban J connectivity index is 1.51. The van der Waals surface area contributed by atoms with Crippen LogP contribution in [-0.4, -0.2) is 36.9 Å². The summed E-state index contributed by atoms with van der Waals surface area (Å²) in [6.45, 7) is 0. The lowest BCUT2D eigenvalue weighted by atomic mass is 9.77. The molecule has 4 aromatic carbocycles. The molecular formula is C35H26N4O5. The third-order valence-electron chi connectivity index (χ3n) is 7.65. The fourth-order valence-electron chi connectivity index (χ4n) is 5.74. The molecule has 0 aliphatic rings. The van der Waals surface area contributed by atoms with Crippen LogP contribution >= 0.6 is 0 Å². The third kappa shape index (κ3) is 4.62. The molecule has 0 atom stereocenters. The largest absolute Gasteiger partial charge is 0.478 e. The van der Waals surface area contributed by atoms with E-state index in [-0.39, 0.29) is 11.1 Å². The summed E-state index contributed by atoms with van der Waals surface area (Å²) in [5.74, 6) is -3.45. The Morgan fingerprint density at radius 3 is 1.57 bits per heavy atom. The van der Waals surface area contributed by atoms with E-state index >= 15 is 0 Å². The van der Waals surface area contributed by atoms with Crippen LogP contribution in [0.2, 0.25) is 0 Å². The lowest BCUT2D eigenvalue weighted by Gasteiger charge is -2.36. The first-order chi connectivity index (χ1) is 21.3. The van der Waals surface area contributed by atoms with Crippen LogP contribution in [0, 0.1) is 0 Å². The predicted molar refractivity (Wildman–Crippen MR) is 167 cm³/mol. The standard InChI is InChI=1S/C35H26N4O5/c36-31-29(33(41)42)28(30(34(43)44)32(40)37-31)23-18-16-22(17-19-23)27-20-21-39(38-27)35(24-10-4-1-5-11-24,25-12-6-2-7-13-25)26-14-8-3-9-15-26/h1-21H,(H,41,42)(H,43,44)(H3,36,37,40). The minimum Gasteiger partial charge on any atom is -0.478 e. The Labute approximate surface area is 251 Å². The number of aromatic nitrogens is 3. The van der Waals surface area contributed by atoms with Crippen LogP contribution < -0.4 is 11.3 Å². The van der Waals surface area contributed by atoms with Crippen molar-refractivity contribution in [1.82, 2.24) is 14.8 Å². The molecule has 0 aliphatic carbocycles. The molecule has 216 valence electrons. The summed E-state index contributed by atoms with van der Waals surface area (Å²) in [5, 5.41) is 24.6. The van der Waals surface area contributed by atoms with Gasteiger partial charge >= 0.3 is 11.9 Å². The van der Waals surface area contributed by atoms with Crippen LogP contribution in [-0.2, 0) is 5.54 Å². The van der Waals surface area contributed by atoms with Gasteiger partial charge in [0.05, 0.1) is 5.69 Å². The monoisotopic (exact) mass is 582 g/mol. The molecule has 0 fully saturated rings. The number of carboxylic acids is 2. The van der Waals surface area contributed by atoms with Crippen LogP contribution in [0.4, 0.5) is 5.82 Å². The molecule has 6 rings (SSSR count). The van der Waals surface area contributed by atoms with Crippen molar-refractivity contribution in [3.8, 4) is 22.4 Å². The molecule has 0 bridgehead atoms. The number of hydrogen-bond donors (Lipinski definition) is 4. The summed E-state index contributed by atoms with van der Waals surface area (Å²) >= 11 is 0. The summed E-state index contributed by atoms with van der Waals surface area (Å²) < 4.78 is 1.93. The van der Waals surface area contributed by atoms with Crippen molar-refractivity contribution < 1.29 is 19.8 Å². The fraction of sp³-hybridized carbons (Fsp3) is 0.0286. The van der Waals surface area contributed by atoms with Crippen molar-refractivity contribution >= 4 is 17.8 Å². The number of carboxylic acid groups (broad SMARTS) is 2. The van der Waals surface area contributed by atoms with Crippen molar-refractivity contribution in [3.05, 3.63) is 166 Å². The highest BCUT2D eigenvalue weighted by Crippen LogP contribution is 2.41. The minimum absolute atomic E-state index is 0.216. The zero-order valence-corrected chi connectivity index (χ0v) is 23.2. The van der Waals surface area contributed by atoms with Crippen LogP contribution in [0.25, 0.3) is 22.4 Å². The Morgan fingerprint density at radius 2 is 1.11 bits per heavy atom. The van der Waals surface area contributed by atoms with Gasteiger partial charge in [-0.05, 0) is 28.3 Å². The van der Waals surface area contributed by atoms with Crippen LogP contribution in [0.5, 0.6) is 0 Å². The minimum atomic E-state index is -1.56. The molecule has 44 heavy (non-hydrogen) atoms. The number of rotatable bonds is 8. The number of nitrogens with two attached hydrogens (primary N) is 1. The number of hydrogen-bond acceptors (Lipinski definition) is 5. The number of benzene rings is 4. The fourth-order valence-corrected chi connectivity index (χ4v) is 5.74. The maximum absolute atomic E-state index is 12.5. The SMILES string of the molecule is Nc1[nH]c(=O)c(C(=O)O)c(-c2ccc(-c3ccn(C(c4ccccc4)(c4ccccc4)c4ccccc4)n3)cc2)c1C(=O)O. The first-order valence-electron chi connectivity index (χ1n) is 13.7. The van der Waals surface area contributed by atoms with Gasteiger partial charge in [-0.25, -0.2) is 9.59 Å². The molecule has 5 N–H and O–H groups in total. The van der Waals surface area contributed by atoms with Crippen LogP contribution in [0.3, 0.4) is 0 Å². The molecular weight excluding hydrogens is 556 g/mol. The van der Waals surface area contributed by atoms with Gasteiger partial charge in [-0.3, -0.25) is 9.48 Å². The number of pyridine rings is 1. The number of aromatic carboxylic acids is 2. The Bertz CT molecular complexity index is 1940. The smallest absolute Gasteiger partial charge is 0.342 e. The number of nitrogens with zero attached hydrogens (tertiary/aromatic N) is 2. The van der Waals surface area contributed by atoms with E-state index in [0.717, 1.165) is 16.7 Å². The van der Waals surface area contributed by atoms with E-state index < -0.39 is 40.0 Å². The van der Waals surface area contributed by atoms with Crippen LogP contribution in [0.15, 0.2) is 132 Å². The summed E-state index contributed by atoms with van der Waals surface area (Å²) in [5.41, 5.74) is 7.12. The third-order valence-corrected chi connectivity index (χ3v) is 7.65. The van der Waals surface area contributed by atoms with Gasteiger partial charge in [0.15, 0.2) is 0 Å². The molecule has 0 saturated heterocycles. The summed E-state index contributed by atoms with van der Waals surface area (Å²) in [6.07, 6.45) is 1.92. The average molecular weight is 583 g/mol. The second kappa shape index (κ2) is 11.2. The molecule has 2 heterocycles. The predicted octanol–water partition coefficient (Wildman–Crippen LogP) is 5.72. The highest BCUT2D eigenvalue weighted by Gasteiger charge is 2.39. The number of H-pyrrole nitrogens is 1. The van der Waals surface area contributed by atoms with Crippen LogP contribution in [0.1, 0.15) is 37.4 Å². The van der Waals surface area contributed by atoms with E-state index in [9.17, 15) is 24.6 Å². The zero-order valence-electron chi connectivity index (χ0n) is 23.2. The second-order valence-corrected chi connectivity index (χ2v) is 10.1. The van der Waals surface area contributed by atoms with Gasteiger partial charge < -0.3 is 20.9 Å². The maximum atomic E-state index is 12.5. The second-order valence-electron chi connectivity index (χ2n) is 10.1. The van der Waals surface area contributed by atoms with Gasteiger partial charge in [-0.15, -0.1) is 0 Å². The van der Waals surface area contributed by atoms with E-state index in [0.29, 0.717) is 11.3 Å². The van der Waals surface area contributed by atoms with E-state index in [1.165, 1.54) is 0 Å². The van der Waals surface area contributed by atoms with Crippen molar-refractivity contribution in [3.63, 3.8) is 0 Å².